The van der Waals surface area contributed by atoms with Crippen molar-refractivity contribution in [1.29, 1.82) is 0 Å². The summed E-state index contributed by atoms with van der Waals surface area (Å²) in [4.78, 5) is 18.8. The van der Waals surface area contributed by atoms with Gasteiger partial charge in [0, 0.05) is 31.7 Å². The minimum atomic E-state index is -3.71. The van der Waals surface area contributed by atoms with Crippen LogP contribution in [0.2, 0.25) is 5.02 Å². The Kier molecular flexibility index (Phi) is 5.89. The molecular weight excluding hydrogens is 414 g/mol. The smallest absolute Gasteiger partial charge is 0.253 e. The van der Waals surface area contributed by atoms with Crippen LogP contribution in [-0.4, -0.2) is 64.5 Å². The predicted octanol–water partition coefficient (Wildman–Crippen LogP) is 2.58. The fourth-order valence-corrected chi connectivity index (χ4v) is 6.02. The van der Waals surface area contributed by atoms with Crippen LogP contribution in [0.3, 0.4) is 0 Å². The molecule has 0 saturated carbocycles. The molecule has 2 fully saturated rings. The summed E-state index contributed by atoms with van der Waals surface area (Å²) in [5.74, 6) is -0.172. The molecule has 0 bridgehead atoms. The summed E-state index contributed by atoms with van der Waals surface area (Å²) in [5.41, 5.74) is 0.351. The van der Waals surface area contributed by atoms with Gasteiger partial charge in [-0.05, 0) is 43.9 Å². The van der Waals surface area contributed by atoms with Gasteiger partial charge in [0.2, 0.25) is 10.0 Å². The number of rotatable bonds is 4. The molecule has 0 aliphatic carbocycles. The van der Waals surface area contributed by atoms with E-state index in [2.05, 4.69) is 10.1 Å². The maximum absolute atomic E-state index is 13.0. The van der Waals surface area contributed by atoms with E-state index in [1.807, 2.05) is 4.68 Å². The highest BCUT2D eigenvalue weighted by molar-refractivity contribution is 7.89. The van der Waals surface area contributed by atoms with E-state index in [-0.39, 0.29) is 21.9 Å². The van der Waals surface area contributed by atoms with Crippen LogP contribution < -0.4 is 0 Å². The lowest BCUT2D eigenvalue weighted by molar-refractivity contribution is 0.0689. The van der Waals surface area contributed by atoms with Crippen molar-refractivity contribution in [2.24, 2.45) is 0 Å². The number of nitrogens with zero attached hydrogens (tertiary/aromatic N) is 5. The van der Waals surface area contributed by atoms with Gasteiger partial charge >= 0.3 is 0 Å². The van der Waals surface area contributed by atoms with Crippen molar-refractivity contribution in [1.82, 2.24) is 24.0 Å². The maximum Gasteiger partial charge on any atom is 0.253 e. The van der Waals surface area contributed by atoms with Gasteiger partial charge in [-0.1, -0.05) is 18.0 Å². The van der Waals surface area contributed by atoms with E-state index in [1.54, 1.807) is 17.3 Å². The number of carbonyl (C=O) groups excluding carboxylic acids is 1. The highest BCUT2D eigenvalue weighted by Crippen LogP contribution is 2.29. The molecule has 3 heterocycles. The van der Waals surface area contributed by atoms with Crippen molar-refractivity contribution < 1.29 is 13.2 Å². The van der Waals surface area contributed by atoms with Gasteiger partial charge in [0.1, 0.15) is 17.6 Å². The number of sulfonamides is 1. The molecule has 10 heteroatoms. The lowest BCUT2D eigenvalue weighted by atomic mass is 10.0. The Hall–Kier alpha value is -1.97. The molecule has 2 aliphatic rings. The Morgan fingerprint density at radius 2 is 1.79 bits per heavy atom. The van der Waals surface area contributed by atoms with Crippen molar-refractivity contribution in [2.75, 3.05) is 26.2 Å². The molecule has 1 aromatic carbocycles. The van der Waals surface area contributed by atoms with Crippen molar-refractivity contribution in [2.45, 2.75) is 43.0 Å². The van der Waals surface area contributed by atoms with E-state index >= 15 is 0 Å². The van der Waals surface area contributed by atoms with Gasteiger partial charge in [0.25, 0.3) is 5.91 Å². The van der Waals surface area contributed by atoms with Gasteiger partial charge in [-0.15, -0.1) is 0 Å². The number of carbonyl (C=O) groups is 1. The molecule has 1 amide bonds. The number of aromatic nitrogens is 3. The number of likely N-dealkylation sites (tertiary alicyclic amines) is 1. The van der Waals surface area contributed by atoms with Crippen molar-refractivity contribution in [3.05, 3.63) is 41.4 Å². The molecule has 1 aromatic heterocycles. The summed E-state index contributed by atoms with van der Waals surface area (Å²) >= 11 is 6.22. The Labute approximate surface area is 175 Å². The van der Waals surface area contributed by atoms with Gasteiger partial charge in [-0.25, -0.2) is 18.1 Å². The van der Waals surface area contributed by atoms with Crippen LogP contribution in [0.1, 0.15) is 48.5 Å². The van der Waals surface area contributed by atoms with Crippen molar-refractivity contribution in [3.8, 4) is 0 Å². The first kappa shape index (κ1) is 20.3. The van der Waals surface area contributed by atoms with Crippen LogP contribution in [0, 0.1) is 0 Å². The third-order valence-corrected chi connectivity index (χ3v) is 8.05. The topological polar surface area (TPSA) is 88.4 Å². The molecule has 2 aliphatic heterocycles. The molecule has 2 saturated heterocycles. The summed E-state index contributed by atoms with van der Waals surface area (Å²) < 4.78 is 29.4. The summed E-state index contributed by atoms with van der Waals surface area (Å²) in [7, 11) is -3.71. The summed E-state index contributed by atoms with van der Waals surface area (Å²) in [6, 6.07) is 4.76. The van der Waals surface area contributed by atoms with Crippen LogP contribution in [-0.2, 0) is 10.0 Å². The first-order valence-corrected chi connectivity index (χ1v) is 11.7. The zero-order valence-corrected chi connectivity index (χ0v) is 17.6. The van der Waals surface area contributed by atoms with Crippen LogP contribution in [0.5, 0.6) is 0 Å². The Bertz CT molecular complexity index is 966. The first-order chi connectivity index (χ1) is 14.0. The molecule has 0 atom stereocenters. The fraction of sp³-hybridized carbons (Fsp3) is 0.526. The standard InChI is InChI=1S/C19H24ClN5O3S/c20-17-5-4-15(12-18(17)29(27,28)24-8-2-1-3-9-24)19(26)23-10-6-16(7-11-23)25-14-21-13-22-25/h4-5,12-14,16H,1-3,6-11H2. The molecule has 4 rings (SSSR count). The van der Waals surface area contributed by atoms with Crippen LogP contribution >= 0.6 is 11.6 Å². The molecule has 29 heavy (non-hydrogen) atoms. The maximum atomic E-state index is 13.0. The third kappa shape index (κ3) is 4.17. The average Bonchev–Trinajstić information content (AvgIpc) is 3.29. The zero-order valence-electron chi connectivity index (χ0n) is 16.1. The van der Waals surface area contributed by atoms with Crippen molar-refractivity contribution in [3.63, 3.8) is 0 Å². The minimum absolute atomic E-state index is 0.0180. The van der Waals surface area contributed by atoms with Gasteiger partial charge in [-0.2, -0.15) is 9.40 Å². The molecular formula is C19H24ClN5O3S. The molecule has 0 radical (unpaired) electrons. The SMILES string of the molecule is O=C(c1ccc(Cl)c(S(=O)(=O)N2CCCCC2)c1)N1CCC(n2cncn2)CC1. The third-order valence-electron chi connectivity index (χ3n) is 5.67. The van der Waals surface area contributed by atoms with E-state index in [4.69, 9.17) is 11.6 Å². The highest BCUT2D eigenvalue weighted by atomic mass is 35.5. The number of piperidine rings is 2. The second kappa shape index (κ2) is 8.41. The molecule has 2 aromatic rings. The molecule has 0 spiro atoms. The average molecular weight is 438 g/mol. The van der Waals surface area contributed by atoms with Crippen molar-refractivity contribution >= 4 is 27.5 Å². The summed E-state index contributed by atoms with van der Waals surface area (Å²) in [6.07, 6.45) is 7.48. The molecule has 0 N–H and O–H groups in total. The number of halogens is 1. The monoisotopic (exact) mass is 437 g/mol. The number of hydrogen-bond acceptors (Lipinski definition) is 5. The minimum Gasteiger partial charge on any atom is -0.338 e. The van der Waals surface area contributed by atoms with Gasteiger partial charge in [0.15, 0.2) is 0 Å². The first-order valence-electron chi connectivity index (χ1n) is 9.90. The zero-order chi connectivity index (χ0) is 20.4. The summed E-state index contributed by atoms with van der Waals surface area (Å²) in [5, 5.41) is 4.33. The number of amides is 1. The van der Waals surface area contributed by atoms with E-state index in [1.165, 1.54) is 22.8 Å². The van der Waals surface area contributed by atoms with Gasteiger partial charge in [0.05, 0.1) is 11.1 Å². The predicted molar refractivity (Wildman–Crippen MR) is 108 cm³/mol. The lowest BCUT2D eigenvalue weighted by Gasteiger charge is -2.32. The fourth-order valence-electron chi connectivity index (χ4n) is 4.00. The molecule has 0 unspecified atom stereocenters. The Balaban J connectivity index is 1.50. The van der Waals surface area contributed by atoms with E-state index in [0.717, 1.165) is 32.1 Å². The number of hydrogen-bond donors (Lipinski definition) is 0. The van der Waals surface area contributed by atoms with Gasteiger partial charge < -0.3 is 4.90 Å². The second-order valence-corrected chi connectivity index (χ2v) is 9.82. The largest absolute Gasteiger partial charge is 0.338 e. The quantitative estimate of drug-likeness (QED) is 0.733. The van der Waals surface area contributed by atoms with Crippen LogP contribution in [0.4, 0.5) is 0 Å². The van der Waals surface area contributed by atoms with Crippen LogP contribution in [0.25, 0.3) is 0 Å². The van der Waals surface area contributed by atoms with Gasteiger partial charge in [-0.3, -0.25) is 4.79 Å². The van der Waals surface area contributed by atoms with Crippen LogP contribution in [0.15, 0.2) is 35.7 Å². The van der Waals surface area contributed by atoms with E-state index in [0.29, 0.717) is 31.7 Å². The molecule has 156 valence electrons. The lowest BCUT2D eigenvalue weighted by Crippen LogP contribution is -2.39. The van der Waals surface area contributed by atoms with E-state index in [9.17, 15) is 13.2 Å². The van der Waals surface area contributed by atoms with E-state index < -0.39 is 10.0 Å². The molecule has 8 nitrogen and oxygen atoms in total. The highest BCUT2D eigenvalue weighted by Gasteiger charge is 2.30. The Morgan fingerprint density at radius 3 is 2.45 bits per heavy atom. The normalized spacial score (nSPS) is 19.4. The summed E-state index contributed by atoms with van der Waals surface area (Å²) in [6.45, 7) is 2.15. The Morgan fingerprint density at radius 1 is 1.07 bits per heavy atom. The second-order valence-electron chi connectivity index (χ2n) is 7.51. The number of benzene rings is 1.